The summed E-state index contributed by atoms with van der Waals surface area (Å²) >= 11 is 0. The highest BCUT2D eigenvalue weighted by Gasteiger charge is 2.22. The van der Waals surface area contributed by atoms with Gasteiger partial charge in [-0.05, 0) is 31.8 Å². The Morgan fingerprint density at radius 2 is 2.42 bits per heavy atom. The van der Waals surface area contributed by atoms with Crippen LogP contribution in [0.2, 0.25) is 0 Å². The summed E-state index contributed by atoms with van der Waals surface area (Å²) in [6, 6.07) is 0.462. The summed E-state index contributed by atoms with van der Waals surface area (Å²) in [6.07, 6.45) is 6.07. The Labute approximate surface area is 74.2 Å². The molecule has 0 aromatic carbocycles. The molecule has 0 spiro atoms. The van der Waals surface area contributed by atoms with Gasteiger partial charge in [0.2, 0.25) is 5.91 Å². The number of carbonyl (C=O) groups is 1. The van der Waals surface area contributed by atoms with Gasteiger partial charge in [-0.1, -0.05) is 13.5 Å². The van der Waals surface area contributed by atoms with Crippen molar-refractivity contribution < 1.29 is 4.79 Å². The number of hydrogen-bond donors (Lipinski definition) is 0. The SMILES string of the molecule is C=CC(=O)N1CCCCC1CC. The Kier molecular flexibility index (Phi) is 3.32. The minimum Gasteiger partial charge on any atom is -0.336 e. The summed E-state index contributed by atoms with van der Waals surface area (Å²) in [5.41, 5.74) is 0. The van der Waals surface area contributed by atoms with Crippen molar-refractivity contribution in [2.75, 3.05) is 6.54 Å². The third-order valence-corrected chi connectivity index (χ3v) is 2.56. The molecule has 12 heavy (non-hydrogen) atoms. The largest absolute Gasteiger partial charge is 0.336 e. The molecule has 1 aliphatic heterocycles. The molecule has 0 aromatic heterocycles. The Balaban J connectivity index is 2.58. The molecule has 0 bridgehead atoms. The second-order valence-electron chi connectivity index (χ2n) is 3.29. The third kappa shape index (κ3) is 1.87. The number of piperidine rings is 1. The van der Waals surface area contributed by atoms with Crippen molar-refractivity contribution in [3.8, 4) is 0 Å². The summed E-state index contributed by atoms with van der Waals surface area (Å²) in [7, 11) is 0. The van der Waals surface area contributed by atoms with Crippen molar-refractivity contribution in [3.05, 3.63) is 12.7 Å². The Morgan fingerprint density at radius 1 is 1.67 bits per heavy atom. The molecule has 1 aliphatic rings. The van der Waals surface area contributed by atoms with Gasteiger partial charge in [0.05, 0.1) is 0 Å². The van der Waals surface area contributed by atoms with E-state index < -0.39 is 0 Å². The van der Waals surface area contributed by atoms with Crippen molar-refractivity contribution in [1.29, 1.82) is 0 Å². The highest BCUT2D eigenvalue weighted by atomic mass is 16.2. The maximum Gasteiger partial charge on any atom is 0.246 e. The zero-order valence-electron chi connectivity index (χ0n) is 7.75. The molecule has 1 fully saturated rings. The Bertz CT molecular complexity index is 177. The lowest BCUT2D eigenvalue weighted by Crippen LogP contribution is -2.42. The summed E-state index contributed by atoms with van der Waals surface area (Å²) in [5, 5.41) is 0. The third-order valence-electron chi connectivity index (χ3n) is 2.56. The van der Waals surface area contributed by atoms with Gasteiger partial charge in [-0.25, -0.2) is 0 Å². The number of amides is 1. The maximum atomic E-state index is 11.3. The fourth-order valence-electron chi connectivity index (χ4n) is 1.83. The molecule has 2 nitrogen and oxygen atoms in total. The highest BCUT2D eigenvalue weighted by molar-refractivity contribution is 5.87. The van der Waals surface area contributed by atoms with Crippen LogP contribution in [0.1, 0.15) is 32.6 Å². The van der Waals surface area contributed by atoms with Gasteiger partial charge in [-0.2, -0.15) is 0 Å². The summed E-state index contributed by atoms with van der Waals surface area (Å²) in [4.78, 5) is 13.3. The van der Waals surface area contributed by atoms with Gasteiger partial charge in [-0.15, -0.1) is 0 Å². The Morgan fingerprint density at radius 3 is 3.00 bits per heavy atom. The first kappa shape index (κ1) is 9.30. The molecule has 1 rings (SSSR count). The van der Waals surface area contributed by atoms with Crippen LogP contribution in [-0.4, -0.2) is 23.4 Å². The van der Waals surface area contributed by atoms with Gasteiger partial charge in [0.1, 0.15) is 0 Å². The number of nitrogens with zero attached hydrogens (tertiary/aromatic N) is 1. The van der Waals surface area contributed by atoms with Crippen LogP contribution in [0.4, 0.5) is 0 Å². The van der Waals surface area contributed by atoms with Crippen LogP contribution in [0, 0.1) is 0 Å². The van der Waals surface area contributed by atoms with Crippen LogP contribution in [0.3, 0.4) is 0 Å². The van der Waals surface area contributed by atoms with Gasteiger partial charge in [0, 0.05) is 12.6 Å². The van der Waals surface area contributed by atoms with Gasteiger partial charge < -0.3 is 4.90 Å². The molecular formula is C10H17NO. The smallest absolute Gasteiger partial charge is 0.246 e. The highest BCUT2D eigenvalue weighted by Crippen LogP contribution is 2.19. The second-order valence-corrected chi connectivity index (χ2v) is 3.29. The molecule has 1 heterocycles. The zero-order chi connectivity index (χ0) is 8.97. The molecule has 0 radical (unpaired) electrons. The van der Waals surface area contributed by atoms with Crippen LogP contribution >= 0.6 is 0 Å². The molecule has 1 unspecified atom stereocenters. The normalized spacial score (nSPS) is 23.8. The molecule has 0 N–H and O–H groups in total. The summed E-state index contributed by atoms with van der Waals surface area (Å²) in [5.74, 6) is 0.0987. The number of likely N-dealkylation sites (tertiary alicyclic amines) is 1. The van der Waals surface area contributed by atoms with Crippen LogP contribution in [0.25, 0.3) is 0 Å². The minimum atomic E-state index is 0.0987. The van der Waals surface area contributed by atoms with Gasteiger partial charge in [0.15, 0.2) is 0 Å². The fourth-order valence-corrected chi connectivity index (χ4v) is 1.83. The minimum absolute atomic E-state index is 0.0987. The average Bonchev–Trinajstić information content (AvgIpc) is 2.16. The lowest BCUT2D eigenvalue weighted by molar-refractivity contribution is -0.129. The zero-order valence-corrected chi connectivity index (χ0v) is 7.75. The second kappa shape index (κ2) is 4.29. The van der Waals surface area contributed by atoms with Crippen molar-refractivity contribution in [2.24, 2.45) is 0 Å². The first-order valence-electron chi connectivity index (χ1n) is 4.72. The first-order valence-corrected chi connectivity index (χ1v) is 4.72. The molecule has 1 amide bonds. The molecule has 1 atom stereocenters. The molecule has 0 aromatic rings. The molecule has 0 aliphatic carbocycles. The predicted octanol–water partition coefficient (Wildman–Crippen LogP) is 1.96. The van der Waals surface area contributed by atoms with Gasteiger partial charge in [-0.3, -0.25) is 4.79 Å². The van der Waals surface area contributed by atoms with Crippen LogP contribution in [-0.2, 0) is 4.79 Å². The van der Waals surface area contributed by atoms with Crippen LogP contribution in [0.15, 0.2) is 12.7 Å². The summed E-state index contributed by atoms with van der Waals surface area (Å²) in [6.45, 7) is 6.57. The first-order chi connectivity index (χ1) is 5.79. The number of hydrogen-bond acceptors (Lipinski definition) is 1. The van der Waals surface area contributed by atoms with Crippen molar-refractivity contribution in [1.82, 2.24) is 4.90 Å². The predicted molar refractivity (Wildman–Crippen MR) is 49.8 cm³/mol. The monoisotopic (exact) mass is 167 g/mol. The topological polar surface area (TPSA) is 20.3 Å². The molecule has 1 saturated heterocycles. The molecule has 68 valence electrons. The van der Waals surface area contributed by atoms with E-state index in [0.29, 0.717) is 6.04 Å². The van der Waals surface area contributed by atoms with Crippen molar-refractivity contribution >= 4 is 5.91 Å². The van der Waals surface area contributed by atoms with E-state index in [1.54, 1.807) is 0 Å². The van der Waals surface area contributed by atoms with Crippen molar-refractivity contribution in [2.45, 2.75) is 38.6 Å². The van der Waals surface area contributed by atoms with Crippen LogP contribution < -0.4 is 0 Å². The maximum absolute atomic E-state index is 11.3. The Hall–Kier alpha value is -0.790. The standard InChI is InChI=1S/C10H17NO/c1-3-9-7-5-6-8-11(9)10(12)4-2/h4,9H,2-3,5-8H2,1H3. The lowest BCUT2D eigenvalue weighted by Gasteiger charge is -2.34. The van der Waals surface area contributed by atoms with E-state index in [4.69, 9.17) is 0 Å². The lowest BCUT2D eigenvalue weighted by atomic mass is 10.00. The number of rotatable bonds is 2. The van der Waals surface area contributed by atoms with Crippen LogP contribution in [0.5, 0.6) is 0 Å². The molecule has 2 heteroatoms. The fraction of sp³-hybridized carbons (Fsp3) is 0.700. The quantitative estimate of drug-likeness (QED) is 0.576. The van der Waals surface area contributed by atoms with E-state index in [-0.39, 0.29) is 5.91 Å². The summed E-state index contributed by atoms with van der Waals surface area (Å²) < 4.78 is 0. The van der Waals surface area contributed by atoms with E-state index in [1.165, 1.54) is 12.5 Å². The molecule has 0 saturated carbocycles. The van der Waals surface area contributed by atoms with Gasteiger partial charge in [0.25, 0.3) is 0 Å². The van der Waals surface area contributed by atoms with E-state index in [1.807, 2.05) is 4.90 Å². The van der Waals surface area contributed by atoms with E-state index in [2.05, 4.69) is 13.5 Å². The average molecular weight is 167 g/mol. The van der Waals surface area contributed by atoms with E-state index >= 15 is 0 Å². The van der Waals surface area contributed by atoms with Gasteiger partial charge >= 0.3 is 0 Å². The van der Waals surface area contributed by atoms with E-state index in [0.717, 1.165) is 25.8 Å². The van der Waals surface area contributed by atoms with Crippen molar-refractivity contribution in [3.63, 3.8) is 0 Å². The number of carbonyl (C=O) groups excluding carboxylic acids is 1. The van der Waals surface area contributed by atoms with E-state index in [9.17, 15) is 4.79 Å². The molecular weight excluding hydrogens is 150 g/mol.